The topological polar surface area (TPSA) is 62.8 Å². The van der Waals surface area contributed by atoms with Gasteiger partial charge in [-0.3, -0.25) is 5.41 Å². The summed E-state index contributed by atoms with van der Waals surface area (Å²) < 4.78 is 0. The number of nitrogens with one attached hydrogen (secondary N) is 1. The van der Waals surface area contributed by atoms with Gasteiger partial charge in [0.2, 0.25) is 0 Å². The Morgan fingerprint density at radius 2 is 2.22 bits per heavy atom. The van der Waals surface area contributed by atoms with Crippen LogP contribution in [0, 0.1) is 10.8 Å². The predicted molar refractivity (Wildman–Crippen MR) is 79.5 cm³/mol. The van der Waals surface area contributed by atoms with E-state index in [0.29, 0.717) is 5.02 Å². The fourth-order valence-corrected chi connectivity index (χ4v) is 2.62. The van der Waals surface area contributed by atoms with Gasteiger partial charge in [0, 0.05) is 11.6 Å². The number of pyridine rings is 1. The van der Waals surface area contributed by atoms with Crippen molar-refractivity contribution >= 4 is 29.2 Å². The maximum atomic E-state index is 7.49. The minimum Gasteiger partial charge on any atom is -0.387 e. The second kappa shape index (κ2) is 7.00. The molecule has 0 unspecified atom stereocenters. The molecule has 0 saturated carbocycles. The third kappa shape index (κ3) is 4.86. The Morgan fingerprint density at radius 3 is 2.83 bits per heavy atom. The molecule has 1 rings (SSSR count). The van der Waals surface area contributed by atoms with E-state index in [1.54, 1.807) is 18.0 Å². The summed E-state index contributed by atoms with van der Waals surface area (Å²) in [6.45, 7) is 4.02. The fourth-order valence-electron chi connectivity index (χ4n) is 1.45. The smallest absolute Gasteiger partial charge is 0.115 e. The second-order valence-corrected chi connectivity index (χ2v) is 6.38. The Balaban J connectivity index is 2.24. The molecule has 0 atom stereocenters. The Kier molecular flexibility index (Phi) is 5.96. The van der Waals surface area contributed by atoms with E-state index in [4.69, 9.17) is 22.7 Å². The van der Waals surface area contributed by atoms with Crippen molar-refractivity contribution in [2.45, 2.75) is 38.1 Å². The van der Waals surface area contributed by atoms with Gasteiger partial charge in [-0.2, -0.15) is 0 Å². The van der Waals surface area contributed by atoms with E-state index < -0.39 is 0 Å². The normalized spacial score (nSPS) is 11.5. The Hall–Kier alpha value is -0.740. The van der Waals surface area contributed by atoms with Gasteiger partial charge in [0.25, 0.3) is 0 Å². The highest BCUT2D eigenvalue weighted by Gasteiger charge is 2.20. The molecule has 1 aromatic rings. The summed E-state index contributed by atoms with van der Waals surface area (Å²) in [5.41, 5.74) is 5.36. The fraction of sp³-hybridized carbons (Fsp3) is 0.538. The van der Waals surface area contributed by atoms with Crippen molar-refractivity contribution < 1.29 is 0 Å². The molecule has 0 aromatic carbocycles. The van der Waals surface area contributed by atoms with Crippen molar-refractivity contribution in [3.8, 4) is 0 Å². The largest absolute Gasteiger partial charge is 0.387 e. The number of halogens is 1. The molecule has 0 aliphatic carbocycles. The molecule has 0 radical (unpaired) electrons. The van der Waals surface area contributed by atoms with E-state index in [2.05, 4.69) is 4.98 Å². The van der Waals surface area contributed by atoms with Crippen LogP contribution in [0.3, 0.4) is 0 Å². The summed E-state index contributed by atoms with van der Waals surface area (Å²) in [5.74, 6) is 1.26. The lowest BCUT2D eigenvalue weighted by atomic mass is 9.86. The first-order valence-corrected chi connectivity index (χ1v) is 7.37. The number of nitrogens with two attached hydrogens (primary N) is 1. The molecule has 0 fully saturated rings. The predicted octanol–water partition coefficient (Wildman–Crippen LogP) is 3.96. The van der Waals surface area contributed by atoms with Crippen molar-refractivity contribution in [3.63, 3.8) is 0 Å². The Labute approximate surface area is 118 Å². The maximum Gasteiger partial charge on any atom is 0.115 e. The number of hydrogen-bond acceptors (Lipinski definition) is 3. The summed E-state index contributed by atoms with van der Waals surface area (Å²) in [4.78, 5) is 4.23. The third-order valence-electron chi connectivity index (χ3n) is 2.89. The molecular weight excluding hydrogens is 266 g/mol. The number of amidine groups is 1. The van der Waals surface area contributed by atoms with Crippen LogP contribution in [0.2, 0.25) is 5.02 Å². The van der Waals surface area contributed by atoms with Gasteiger partial charge in [-0.05, 0) is 30.7 Å². The van der Waals surface area contributed by atoms with Crippen LogP contribution < -0.4 is 5.73 Å². The molecule has 5 heteroatoms. The first kappa shape index (κ1) is 15.3. The molecule has 1 aromatic heterocycles. The minimum atomic E-state index is -0.187. The van der Waals surface area contributed by atoms with Crippen molar-refractivity contribution in [1.82, 2.24) is 4.98 Å². The highest BCUT2D eigenvalue weighted by atomic mass is 35.5. The quantitative estimate of drug-likeness (QED) is 0.345. The first-order valence-electron chi connectivity index (χ1n) is 6.01. The standard InChI is InChI=1S/C13H20ClN3S/c1-13(2,12(15)16)7-3-4-9-18-11-10(14)6-5-8-17-11/h5-6,8H,3-4,7,9H2,1-2H3,(H3,15,16). The molecule has 1 heterocycles. The number of hydrogen-bond donors (Lipinski definition) is 2. The second-order valence-electron chi connectivity index (χ2n) is 4.89. The molecule has 18 heavy (non-hydrogen) atoms. The number of aromatic nitrogens is 1. The lowest BCUT2D eigenvalue weighted by Gasteiger charge is -2.22. The molecule has 0 amide bonds. The van der Waals surface area contributed by atoms with E-state index >= 15 is 0 Å². The lowest BCUT2D eigenvalue weighted by molar-refractivity contribution is 0.448. The van der Waals surface area contributed by atoms with E-state index in [0.717, 1.165) is 30.0 Å². The molecule has 100 valence electrons. The van der Waals surface area contributed by atoms with E-state index in [1.165, 1.54) is 0 Å². The zero-order chi connectivity index (χ0) is 13.6. The van der Waals surface area contributed by atoms with Gasteiger partial charge in [-0.25, -0.2) is 4.98 Å². The zero-order valence-corrected chi connectivity index (χ0v) is 12.4. The lowest BCUT2D eigenvalue weighted by Crippen LogP contribution is -2.30. The van der Waals surface area contributed by atoms with Crippen molar-refractivity contribution in [2.75, 3.05) is 5.75 Å². The van der Waals surface area contributed by atoms with Gasteiger partial charge in [-0.15, -0.1) is 11.8 Å². The van der Waals surface area contributed by atoms with Gasteiger partial charge in [0.05, 0.1) is 10.9 Å². The van der Waals surface area contributed by atoms with E-state index in [1.807, 2.05) is 26.0 Å². The molecule has 3 N–H and O–H groups in total. The van der Waals surface area contributed by atoms with Gasteiger partial charge in [0.15, 0.2) is 0 Å². The van der Waals surface area contributed by atoms with Gasteiger partial charge >= 0.3 is 0 Å². The molecule has 3 nitrogen and oxygen atoms in total. The number of unbranched alkanes of at least 4 members (excludes halogenated alkanes) is 1. The summed E-state index contributed by atoms with van der Waals surface area (Å²) in [6.07, 6.45) is 4.84. The molecule has 0 spiro atoms. The van der Waals surface area contributed by atoms with Gasteiger partial charge in [-0.1, -0.05) is 31.9 Å². The van der Waals surface area contributed by atoms with Gasteiger partial charge < -0.3 is 5.73 Å². The monoisotopic (exact) mass is 285 g/mol. The summed E-state index contributed by atoms with van der Waals surface area (Å²) >= 11 is 7.70. The van der Waals surface area contributed by atoms with Crippen molar-refractivity contribution in [3.05, 3.63) is 23.4 Å². The molecule has 0 aliphatic rings. The van der Waals surface area contributed by atoms with Crippen LogP contribution in [0.15, 0.2) is 23.4 Å². The van der Waals surface area contributed by atoms with Crippen LogP contribution in [0.4, 0.5) is 0 Å². The minimum absolute atomic E-state index is 0.187. The van der Waals surface area contributed by atoms with E-state index in [-0.39, 0.29) is 11.3 Å². The first-order chi connectivity index (χ1) is 8.43. The van der Waals surface area contributed by atoms with Crippen molar-refractivity contribution in [2.24, 2.45) is 11.1 Å². The SMILES string of the molecule is CC(C)(CCCCSc1ncccc1Cl)C(=N)N. The Morgan fingerprint density at radius 1 is 1.50 bits per heavy atom. The van der Waals surface area contributed by atoms with Crippen LogP contribution in [-0.4, -0.2) is 16.6 Å². The molecule has 0 bridgehead atoms. The number of thioether (sulfide) groups is 1. The third-order valence-corrected chi connectivity index (χ3v) is 4.40. The highest BCUT2D eigenvalue weighted by molar-refractivity contribution is 7.99. The average Bonchev–Trinajstić information content (AvgIpc) is 2.30. The Bertz CT molecular complexity index is 407. The van der Waals surface area contributed by atoms with Crippen molar-refractivity contribution in [1.29, 1.82) is 5.41 Å². The summed E-state index contributed by atoms with van der Waals surface area (Å²) in [7, 11) is 0. The highest BCUT2D eigenvalue weighted by Crippen LogP contribution is 2.27. The maximum absolute atomic E-state index is 7.49. The summed E-state index contributed by atoms with van der Waals surface area (Å²) in [5, 5.41) is 9.09. The summed E-state index contributed by atoms with van der Waals surface area (Å²) in [6, 6.07) is 3.69. The molecule has 0 aliphatic heterocycles. The van der Waals surface area contributed by atoms with Crippen LogP contribution in [0.1, 0.15) is 33.1 Å². The van der Waals surface area contributed by atoms with Crippen LogP contribution in [0.5, 0.6) is 0 Å². The molecule has 0 saturated heterocycles. The number of rotatable bonds is 7. The average molecular weight is 286 g/mol. The number of nitrogens with zero attached hydrogens (tertiary/aromatic N) is 1. The van der Waals surface area contributed by atoms with E-state index in [9.17, 15) is 0 Å². The molecular formula is C13H20ClN3S. The van der Waals surface area contributed by atoms with Crippen LogP contribution in [0.25, 0.3) is 0 Å². The van der Waals surface area contributed by atoms with Crippen LogP contribution >= 0.6 is 23.4 Å². The van der Waals surface area contributed by atoms with Gasteiger partial charge in [0.1, 0.15) is 5.03 Å². The zero-order valence-electron chi connectivity index (χ0n) is 10.9. The van der Waals surface area contributed by atoms with Crippen LogP contribution in [-0.2, 0) is 0 Å².